The number of rotatable bonds is 8. The second kappa shape index (κ2) is 10.7. The predicted molar refractivity (Wildman–Crippen MR) is 151 cm³/mol. The Labute approximate surface area is 231 Å². The fraction of sp³-hybridized carbons (Fsp3) is 0.125. The van der Waals surface area contributed by atoms with Crippen LogP contribution in [0.5, 0.6) is 11.5 Å². The smallest absolute Gasteiger partial charge is 0.273 e. The maximum absolute atomic E-state index is 13.7. The largest absolute Gasteiger partial charge is 0.497 e. The quantitative estimate of drug-likeness (QED) is 0.231. The number of aromatic amines is 1. The number of hydrogen-bond acceptors (Lipinski definition) is 4. The van der Waals surface area contributed by atoms with Crippen LogP contribution in [0.2, 0.25) is 5.02 Å². The fourth-order valence-electron chi connectivity index (χ4n) is 4.95. The lowest BCUT2D eigenvalue weighted by molar-refractivity contribution is 0.0730. The summed E-state index contributed by atoms with van der Waals surface area (Å²) in [6.45, 7) is 0.917. The summed E-state index contributed by atoms with van der Waals surface area (Å²) in [6.07, 6.45) is 0. The number of carbonyl (C=O) groups excluding carboxylic acids is 1. The summed E-state index contributed by atoms with van der Waals surface area (Å²) in [5.74, 6) is 1.44. The van der Waals surface area contributed by atoms with Gasteiger partial charge >= 0.3 is 0 Å². The van der Waals surface area contributed by atoms with Crippen LogP contribution in [0.25, 0.3) is 11.3 Å². The van der Waals surface area contributed by atoms with Crippen molar-refractivity contribution in [3.05, 3.63) is 136 Å². The molecule has 0 radical (unpaired) electrons. The Kier molecular flexibility index (Phi) is 6.78. The first-order valence-electron chi connectivity index (χ1n) is 12.7. The summed E-state index contributed by atoms with van der Waals surface area (Å²) in [5.41, 5.74) is 6.06. The van der Waals surface area contributed by atoms with Gasteiger partial charge in [-0.15, -0.1) is 0 Å². The number of amides is 1. The van der Waals surface area contributed by atoms with Gasteiger partial charge in [-0.05, 0) is 53.1 Å². The van der Waals surface area contributed by atoms with Gasteiger partial charge in [0.1, 0.15) is 23.8 Å². The van der Waals surface area contributed by atoms with E-state index in [-0.39, 0.29) is 11.9 Å². The van der Waals surface area contributed by atoms with Crippen molar-refractivity contribution in [2.75, 3.05) is 7.11 Å². The van der Waals surface area contributed by atoms with E-state index in [1.807, 2.05) is 108 Å². The summed E-state index contributed by atoms with van der Waals surface area (Å²) in [7, 11) is 1.64. The molecule has 0 aliphatic carbocycles. The van der Waals surface area contributed by atoms with Crippen LogP contribution in [-0.4, -0.2) is 28.1 Å². The monoisotopic (exact) mass is 535 g/mol. The van der Waals surface area contributed by atoms with E-state index < -0.39 is 0 Å². The van der Waals surface area contributed by atoms with Gasteiger partial charge in [0, 0.05) is 22.7 Å². The molecular formula is C32H26ClN3O3. The Bertz CT molecular complexity index is 1580. The topological polar surface area (TPSA) is 67.5 Å². The van der Waals surface area contributed by atoms with Crippen LogP contribution >= 0.6 is 11.6 Å². The van der Waals surface area contributed by atoms with Crippen molar-refractivity contribution in [3.8, 4) is 22.8 Å². The molecule has 7 heteroatoms. The zero-order chi connectivity index (χ0) is 26.8. The number of nitrogens with one attached hydrogen (secondary N) is 1. The molecule has 5 aromatic rings. The SMILES string of the molecule is COc1ccc(CN2C(=O)c3[nH]nc(-c4ccc(Cl)cc4)c3C2c2ccc(OCc3ccccc3)cc2)cc1. The van der Waals surface area contributed by atoms with E-state index in [1.54, 1.807) is 7.11 Å². The second-order valence-electron chi connectivity index (χ2n) is 9.39. The molecule has 0 spiro atoms. The third-order valence-corrected chi connectivity index (χ3v) is 7.19. The van der Waals surface area contributed by atoms with Gasteiger partial charge in [-0.2, -0.15) is 5.10 Å². The van der Waals surface area contributed by atoms with Gasteiger partial charge in [-0.25, -0.2) is 0 Å². The summed E-state index contributed by atoms with van der Waals surface area (Å²) in [4.78, 5) is 15.6. The van der Waals surface area contributed by atoms with E-state index in [1.165, 1.54) is 0 Å². The highest BCUT2D eigenvalue weighted by atomic mass is 35.5. The molecule has 1 N–H and O–H groups in total. The molecule has 0 saturated carbocycles. The minimum absolute atomic E-state index is 0.0945. The minimum Gasteiger partial charge on any atom is -0.497 e. The highest BCUT2D eigenvalue weighted by Crippen LogP contribution is 2.44. The Balaban J connectivity index is 1.35. The van der Waals surface area contributed by atoms with Crippen molar-refractivity contribution >= 4 is 17.5 Å². The van der Waals surface area contributed by atoms with Crippen LogP contribution < -0.4 is 9.47 Å². The molecule has 1 amide bonds. The highest BCUT2D eigenvalue weighted by molar-refractivity contribution is 6.30. The summed E-state index contributed by atoms with van der Waals surface area (Å²) in [5, 5.41) is 8.21. The summed E-state index contributed by atoms with van der Waals surface area (Å²) < 4.78 is 11.3. The first-order chi connectivity index (χ1) is 19.1. The number of nitrogens with zero attached hydrogens (tertiary/aromatic N) is 2. The van der Waals surface area contributed by atoms with Gasteiger partial charge in [0.05, 0.1) is 18.8 Å². The molecule has 194 valence electrons. The summed E-state index contributed by atoms with van der Waals surface area (Å²) >= 11 is 6.14. The number of aromatic nitrogens is 2. The third kappa shape index (κ3) is 4.99. The number of H-pyrrole nitrogens is 1. The van der Waals surface area contributed by atoms with E-state index >= 15 is 0 Å². The van der Waals surface area contributed by atoms with Crippen LogP contribution in [-0.2, 0) is 13.2 Å². The summed E-state index contributed by atoms with van der Waals surface area (Å²) in [6, 6.07) is 33.0. The average molecular weight is 536 g/mol. The molecule has 39 heavy (non-hydrogen) atoms. The third-order valence-electron chi connectivity index (χ3n) is 6.94. The predicted octanol–water partition coefficient (Wildman–Crippen LogP) is 7.06. The lowest BCUT2D eigenvalue weighted by atomic mass is 9.96. The number of benzene rings is 4. The number of carbonyl (C=O) groups is 1. The number of ether oxygens (including phenoxy) is 2. The lowest BCUT2D eigenvalue weighted by Gasteiger charge is -2.27. The van der Waals surface area contributed by atoms with Gasteiger partial charge in [-0.1, -0.05) is 78.3 Å². The molecule has 0 fully saturated rings. The van der Waals surface area contributed by atoms with Crippen LogP contribution in [0, 0.1) is 0 Å². The van der Waals surface area contributed by atoms with Crippen LogP contribution in [0.1, 0.15) is 38.8 Å². The van der Waals surface area contributed by atoms with Crippen LogP contribution in [0.15, 0.2) is 103 Å². The van der Waals surface area contributed by atoms with Gasteiger partial charge < -0.3 is 14.4 Å². The van der Waals surface area contributed by atoms with Crippen LogP contribution in [0.4, 0.5) is 0 Å². The van der Waals surface area contributed by atoms with E-state index in [0.717, 1.165) is 45.0 Å². The van der Waals surface area contributed by atoms with Gasteiger partial charge in [-0.3, -0.25) is 9.89 Å². The van der Waals surface area contributed by atoms with Crippen molar-refractivity contribution in [1.82, 2.24) is 15.1 Å². The lowest BCUT2D eigenvalue weighted by Crippen LogP contribution is -2.29. The van der Waals surface area contributed by atoms with Gasteiger partial charge in [0.15, 0.2) is 0 Å². The molecule has 1 aliphatic rings. The molecule has 1 atom stereocenters. The number of hydrogen-bond donors (Lipinski definition) is 1. The molecule has 6 rings (SSSR count). The van der Waals surface area contributed by atoms with Crippen molar-refractivity contribution in [2.24, 2.45) is 0 Å². The van der Waals surface area contributed by atoms with E-state index in [9.17, 15) is 4.79 Å². The van der Waals surface area contributed by atoms with Gasteiger partial charge in [0.2, 0.25) is 0 Å². The van der Waals surface area contributed by atoms with Gasteiger partial charge in [0.25, 0.3) is 5.91 Å². The Hall–Kier alpha value is -4.55. The first kappa shape index (κ1) is 24.8. The normalized spacial score (nSPS) is 14.4. The van der Waals surface area contributed by atoms with Crippen LogP contribution in [0.3, 0.4) is 0 Å². The Morgan fingerprint density at radius 2 is 1.54 bits per heavy atom. The van der Waals surface area contributed by atoms with E-state index in [0.29, 0.717) is 23.9 Å². The highest BCUT2D eigenvalue weighted by Gasteiger charge is 2.42. The molecule has 1 aliphatic heterocycles. The molecule has 0 saturated heterocycles. The van der Waals surface area contributed by atoms with E-state index in [4.69, 9.17) is 21.1 Å². The molecule has 1 unspecified atom stereocenters. The fourth-order valence-corrected chi connectivity index (χ4v) is 5.07. The molecule has 2 heterocycles. The molecule has 4 aromatic carbocycles. The Morgan fingerprint density at radius 1 is 0.846 bits per heavy atom. The Morgan fingerprint density at radius 3 is 2.23 bits per heavy atom. The van der Waals surface area contributed by atoms with Crippen molar-refractivity contribution in [3.63, 3.8) is 0 Å². The van der Waals surface area contributed by atoms with E-state index in [2.05, 4.69) is 10.2 Å². The zero-order valence-corrected chi connectivity index (χ0v) is 22.1. The van der Waals surface area contributed by atoms with Crippen molar-refractivity contribution in [1.29, 1.82) is 0 Å². The molecule has 0 bridgehead atoms. The average Bonchev–Trinajstić information content (AvgIpc) is 3.52. The number of halogens is 1. The number of fused-ring (bicyclic) bond motifs is 1. The van der Waals surface area contributed by atoms with Crippen molar-refractivity contribution < 1.29 is 14.3 Å². The van der Waals surface area contributed by atoms with Crippen molar-refractivity contribution in [2.45, 2.75) is 19.2 Å². The molecule has 6 nitrogen and oxygen atoms in total. The maximum atomic E-state index is 13.7. The number of methoxy groups -OCH3 is 1. The first-order valence-corrected chi connectivity index (χ1v) is 13.0. The minimum atomic E-state index is -0.331. The molecular weight excluding hydrogens is 510 g/mol. The second-order valence-corrected chi connectivity index (χ2v) is 9.83. The zero-order valence-electron chi connectivity index (χ0n) is 21.3. The molecule has 1 aromatic heterocycles. The standard InChI is InChI=1S/C32H26ClN3O3/c1-38-26-15-7-21(8-16-26)19-36-31(24-11-17-27(18-12-24)39-20-22-5-3-2-4-6-22)28-29(34-35-30(28)32(36)37)23-9-13-25(33)14-10-23/h2-18,31H,19-20H2,1H3,(H,34,35). The maximum Gasteiger partial charge on any atom is 0.273 e.